The fraction of sp³-hybridized carbons (Fsp3) is 0.636. The van der Waals surface area contributed by atoms with Gasteiger partial charge >= 0.3 is 0 Å². The fourth-order valence-electron chi connectivity index (χ4n) is 1.06. The second-order valence-corrected chi connectivity index (χ2v) is 3.81. The first-order valence-corrected chi connectivity index (χ1v) is 4.99. The maximum Gasteiger partial charge on any atom is 0.000255 e. The molecule has 0 aliphatic rings. The lowest BCUT2D eigenvalue weighted by molar-refractivity contribution is 0.546. The number of hydrogen-bond acceptors (Lipinski definition) is 0. The molecule has 0 N–H and O–H groups in total. The Morgan fingerprint density at radius 2 is 2.08 bits per heavy atom. The van der Waals surface area contributed by atoms with Gasteiger partial charge in [0.2, 0.25) is 0 Å². The highest BCUT2D eigenvalue weighted by molar-refractivity contribution is 6.25. The first kappa shape index (κ1) is 11.8. The summed E-state index contributed by atoms with van der Waals surface area (Å²) in [6, 6.07) is 0. The van der Waals surface area contributed by atoms with Crippen LogP contribution in [0.2, 0.25) is 0 Å². The van der Waals surface area contributed by atoms with Crippen molar-refractivity contribution in [1.82, 2.24) is 0 Å². The van der Waals surface area contributed by atoms with Gasteiger partial charge in [0, 0.05) is 5.54 Å². The van der Waals surface area contributed by atoms with Gasteiger partial charge in [-0.1, -0.05) is 36.2 Å². The van der Waals surface area contributed by atoms with E-state index < -0.39 is 0 Å². The van der Waals surface area contributed by atoms with Crippen molar-refractivity contribution < 1.29 is 0 Å². The van der Waals surface area contributed by atoms with Crippen LogP contribution in [0.15, 0.2) is 23.3 Å². The molecule has 0 aromatic rings. The zero-order valence-electron chi connectivity index (χ0n) is 8.31. The largest absolute Gasteiger partial charge is 0.0933 e. The molecule has 0 fully saturated rings. The maximum atomic E-state index is 5.44. The Labute approximate surface area is 81.3 Å². The minimum Gasteiger partial charge on any atom is -0.0933 e. The van der Waals surface area contributed by atoms with Gasteiger partial charge < -0.3 is 0 Å². The maximum absolute atomic E-state index is 5.44. The summed E-state index contributed by atoms with van der Waals surface area (Å²) in [4.78, 5) is 0. The van der Waals surface area contributed by atoms with Crippen molar-refractivity contribution in [2.45, 2.75) is 40.0 Å². The van der Waals surface area contributed by atoms with E-state index in [1.807, 2.05) is 6.08 Å². The van der Waals surface area contributed by atoms with Gasteiger partial charge in [-0.2, -0.15) is 0 Å². The molecule has 0 aliphatic heterocycles. The summed E-state index contributed by atoms with van der Waals surface area (Å²) in [5.41, 5.74) is 3.02. The van der Waals surface area contributed by atoms with E-state index in [4.69, 9.17) is 11.6 Å². The molecule has 1 atom stereocenters. The van der Waals surface area contributed by atoms with E-state index in [1.54, 1.807) is 5.54 Å². The lowest BCUT2D eigenvalue weighted by Crippen LogP contribution is -1.90. The Morgan fingerprint density at radius 1 is 1.42 bits per heavy atom. The quantitative estimate of drug-likeness (QED) is 0.555. The molecule has 0 aliphatic carbocycles. The van der Waals surface area contributed by atoms with Crippen LogP contribution in [-0.2, 0) is 0 Å². The third-order valence-corrected chi connectivity index (χ3v) is 2.02. The smallest absolute Gasteiger partial charge is 0.000255 e. The summed E-state index contributed by atoms with van der Waals surface area (Å²) in [5.74, 6) is 0.746. The molecular weight excluding hydrogens is 168 g/mol. The van der Waals surface area contributed by atoms with Gasteiger partial charge in [0.05, 0.1) is 0 Å². The van der Waals surface area contributed by atoms with Crippen LogP contribution >= 0.6 is 11.6 Å². The Bertz CT molecular complexity index is 152. The van der Waals surface area contributed by atoms with Crippen molar-refractivity contribution in [3.05, 3.63) is 23.3 Å². The van der Waals surface area contributed by atoms with Crippen LogP contribution in [0.3, 0.4) is 0 Å². The fourth-order valence-corrected chi connectivity index (χ4v) is 1.16. The highest BCUT2D eigenvalue weighted by Crippen LogP contribution is 2.12. The molecule has 0 aromatic heterocycles. The van der Waals surface area contributed by atoms with Gasteiger partial charge in [-0.3, -0.25) is 0 Å². The third kappa shape index (κ3) is 7.87. The molecule has 0 saturated carbocycles. The van der Waals surface area contributed by atoms with Crippen LogP contribution in [-0.4, -0.2) is 0 Å². The Morgan fingerprint density at radius 3 is 2.58 bits per heavy atom. The molecule has 0 spiro atoms. The summed E-state index contributed by atoms with van der Waals surface area (Å²) >= 11 is 5.44. The van der Waals surface area contributed by atoms with Gasteiger partial charge in [-0.15, -0.1) is 0 Å². The van der Waals surface area contributed by atoms with Crippen molar-refractivity contribution in [2.24, 2.45) is 5.92 Å². The Kier molecular flexibility index (Phi) is 7.28. The first-order valence-electron chi connectivity index (χ1n) is 4.55. The summed E-state index contributed by atoms with van der Waals surface area (Å²) in [5, 5.41) is 0. The number of allylic oxidation sites excluding steroid dienone is 3. The van der Waals surface area contributed by atoms with E-state index in [1.165, 1.54) is 18.4 Å². The van der Waals surface area contributed by atoms with E-state index in [0.717, 1.165) is 12.3 Å². The summed E-state index contributed by atoms with van der Waals surface area (Å²) < 4.78 is 0. The standard InChI is InChI=1S/C11H19Cl/c1-10(2)6-4-7-11(3)8-5-9-12/h5-6,9,11H,4,7-8H2,1-3H3/b9-5-. The van der Waals surface area contributed by atoms with Gasteiger partial charge in [0.1, 0.15) is 0 Å². The van der Waals surface area contributed by atoms with Crippen molar-refractivity contribution >= 4 is 11.6 Å². The number of hydrogen-bond donors (Lipinski definition) is 0. The highest BCUT2D eigenvalue weighted by atomic mass is 35.5. The van der Waals surface area contributed by atoms with E-state index in [0.29, 0.717) is 0 Å². The normalized spacial score (nSPS) is 13.3. The van der Waals surface area contributed by atoms with Crippen LogP contribution in [0, 0.1) is 5.92 Å². The average Bonchev–Trinajstić information content (AvgIpc) is 2.00. The van der Waals surface area contributed by atoms with E-state index in [2.05, 4.69) is 26.8 Å². The van der Waals surface area contributed by atoms with Crippen molar-refractivity contribution in [3.8, 4) is 0 Å². The second kappa shape index (κ2) is 7.42. The average molecular weight is 187 g/mol. The zero-order valence-corrected chi connectivity index (χ0v) is 9.06. The first-order chi connectivity index (χ1) is 5.66. The monoisotopic (exact) mass is 186 g/mol. The predicted molar refractivity (Wildman–Crippen MR) is 57.4 cm³/mol. The summed E-state index contributed by atoms with van der Waals surface area (Å²) in [6.07, 6.45) is 7.86. The zero-order chi connectivity index (χ0) is 9.40. The molecule has 1 unspecified atom stereocenters. The van der Waals surface area contributed by atoms with Crippen molar-refractivity contribution in [1.29, 1.82) is 0 Å². The molecular formula is C11H19Cl. The van der Waals surface area contributed by atoms with Crippen LogP contribution in [0.5, 0.6) is 0 Å². The highest BCUT2D eigenvalue weighted by Gasteiger charge is 1.96. The van der Waals surface area contributed by atoms with Crippen LogP contribution in [0.1, 0.15) is 40.0 Å². The minimum absolute atomic E-state index is 0.746. The number of rotatable bonds is 5. The van der Waals surface area contributed by atoms with E-state index in [-0.39, 0.29) is 0 Å². The number of halogens is 1. The molecule has 0 saturated heterocycles. The molecule has 0 nitrogen and oxygen atoms in total. The van der Waals surface area contributed by atoms with Crippen LogP contribution < -0.4 is 0 Å². The molecule has 0 heterocycles. The van der Waals surface area contributed by atoms with Crippen LogP contribution in [0.25, 0.3) is 0 Å². The molecule has 0 radical (unpaired) electrons. The molecule has 12 heavy (non-hydrogen) atoms. The Hall–Kier alpha value is -0.230. The lowest BCUT2D eigenvalue weighted by Gasteiger charge is -2.05. The molecule has 0 bridgehead atoms. The van der Waals surface area contributed by atoms with Gasteiger partial charge in [0.15, 0.2) is 0 Å². The predicted octanol–water partition coefficient (Wildman–Crippen LogP) is 4.51. The van der Waals surface area contributed by atoms with Crippen LogP contribution in [0.4, 0.5) is 0 Å². The van der Waals surface area contributed by atoms with E-state index in [9.17, 15) is 0 Å². The van der Waals surface area contributed by atoms with Gasteiger partial charge in [0.25, 0.3) is 0 Å². The van der Waals surface area contributed by atoms with Gasteiger partial charge in [-0.25, -0.2) is 0 Å². The molecule has 0 rings (SSSR count). The third-order valence-electron chi connectivity index (χ3n) is 1.84. The van der Waals surface area contributed by atoms with E-state index >= 15 is 0 Å². The molecule has 0 amide bonds. The second-order valence-electron chi connectivity index (χ2n) is 3.56. The Balaban J connectivity index is 3.43. The SMILES string of the molecule is CC(C)=CCCC(C)C/C=C\Cl. The minimum atomic E-state index is 0.746. The van der Waals surface area contributed by atoms with Crippen molar-refractivity contribution in [2.75, 3.05) is 0 Å². The van der Waals surface area contributed by atoms with Gasteiger partial charge in [-0.05, 0) is 39.0 Å². The topological polar surface area (TPSA) is 0 Å². The van der Waals surface area contributed by atoms with Crippen molar-refractivity contribution in [3.63, 3.8) is 0 Å². The lowest BCUT2D eigenvalue weighted by atomic mass is 10.0. The summed E-state index contributed by atoms with van der Waals surface area (Å²) in [7, 11) is 0. The molecule has 1 heteroatoms. The molecule has 0 aromatic carbocycles. The molecule has 70 valence electrons. The summed E-state index contributed by atoms with van der Waals surface area (Å²) in [6.45, 7) is 6.54.